The van der Waals surface area contributed by atoms with Crippen LogP contribution < -0.4 is 0 Å². The maximum atomic E-state index is 12.6. The van der Waals surface area contributed by atoms with Crippen LogP contribution in [-0.4, -0.2) is 9.78 Å². The Hall–Kier alpha value is -3.07. The summed E-state index contributed by atoms with van der Waals surface area (Å²) in [4.78, 5) is 0. The molecule has 3 rings (SSSR count). The lowest BCUT2D eigenvalue weighted by Gasteiger charge is -2.06. The number of hydrogen-bond acceptors (Lipinski definition) is 2. The molecule has 0 fully saturated rings. The fraction of sp³-hybridized carbons (Fsp3) is 0.0588. The molecular formula is C17H10F3N3. The zero-order valence-corrected chi connectivity index (χ0v) is 11.7. The third-order valence-electron chi connectivity index (χ3n) is 3.36. The maximum absolute atomic E-state index is 12.6. The lowest BCUT2D eigenvalue weighted by Crippen LogP contribution is -2.04. The second-order valence-corrected chi connectivity index (χ2v) is 4.88. The average molecular weight is 313 g/mol. The number of rotatable bonds is 2. The molecule has 0 atom stereocenters. The van der Waals surface area contributed by atoms with Crippen molar-refractivity contribution in [2.45, 2.75) is 6.18 Å². The molecule has 6 heteroatoms. The summed E-state index contributed by atoms with van der Waals surface area (Å²) >= 11 is 0. The SMILES string of the molecule is N#Cc1ccc(-n2ccc(-c3ccc(C(F)(F)F)cc3)n2)cc1. The summed E-state index contributed by atoms with van der Waals surface area (Å²) in [5.41, 5.74) is 1.80. The first kappa shape index (κ1) is 14.9. The van der Waals surface area contributed by atoms with E-state index in [-0.39, 0.29) is 0 Å². The van der Waals surface area contributed by atoms with E-state index >= 15 is 0 Å². The van der Waals surface area contributed by atoms with Gasteiger partial charge in [-0.25, -0.2) is 4.68 Å². The first-order valence-electron chi connectivity index (χ1n) is 6.71. The van der Waals surface area contributed by atoms with Gasteiger partial charge in [0.1, 0.15) is 0 Å². The van der Waals surface area contributed by atoms with Crippen LogP contribution in [0, 0.1) is 11.3 Å². The Bertz CT molecular complexity index is 854. The Morgan fingerprint density at radius 3 is 2.13 bits per heavy atom. The quantitative estimate of drug-likeness (QED) is 0.702. The van der Waals surface area contributed by atoms with Gasteiger partial charge in [-0.3, -0.25) is 0 Å². The van der Waals surface area contributed by atoms with E-state index in [1.165, 1.54) is 12.1 Å². The number of nitrogens with zero attached hydrogens (tertiary/aromatic N) is 3. The van der Waals surface area contributed by atoms with Crippen LogP contribution >= 0.6 is 0 Å². The molecule has 0 radical (unpaired) electrons. The first-order chi connectivity index (χ1) is 11.0. The molecule has 0 saturated heterocycles. The molecule has 3 nitrogen and oxygen atoms in total. The number of alkyl halides is 3. The van der Waals surface area contributed by atoms with Crippen LogP contribution in [-0.2, 0) is 6.18 Å². The monoisotopic (exact) mass is 313 g/mol. The molecule has 1 aromatic heterocycles. The summed E-state index contributed by atoms with van der Waals surface area (Å²) in [6.45, 7) is 0. The molecule has 0 N–H and O–H groups in total. The van der Waals surface area contributed by atoms with Gasteiger partial charge in [0, 0.05) is 11.8 Å². The van der Waals surface area contributed by atoms with Crippen molar-refractivity contribution in [1.82, 2.24) is 9.78 Å². The Morgan fingerprint density at radius 2 is 1.57 bits per heavy atom. The predicted molar refractivity (Wildman–Crippen MR) is 78.7 cm³/mol. The van der Waals surface area contributed by atoms with Crippen molar-refractivity contribution in [3.05, 3.63) is 71.9 Å². The van der Waals surface area contributed by atoms with Crippen molar-refractivity contribution in [3.8, 4) is 23.0 Å². The van der Waals surface area contributed by atoms with E-state index in [1.807, 2.05) is 6.07 Å². The molecule has 0 unspecified atom stereocenters. The summed E-state index contributed by atoms with van der Waals surface area (Å²) in [5, 5.41) is 13.1. The van der Waals surface area contributed by atoms with Crippen LogP contribution in [0.15, 0.2) is 60.8 Å². The zero-order valence-electron chi connectivity index (χ0n) is 11.7. The predicted octanol–water partition coefficient (Wildman–Crippen LogP) is 4.43. The molecule has 0 saturated carbocycles. The van der Waals surface area contributed by atoms with E-state index in [4.69, 9.17) is 5.26 Å². The van der Waals surface area contributed by atoms with Crippen molar-refractivity contribution in [2.24, 2.45) is 0 Å². The highest BCUT2D eigenvalue weighted by molar-refractivity contribution is 5.59. The van der Waals surface area contributed by atoms with Gasteiger partial charge in [-0.15, -0.1) is 0 Å². The lowest BCUT2D eigenvalue weighted by atomic mass is 10.1. The smallest absolute Gasteiger partial charge is 0.240 e. The van der Waals surface area contributed by atoms with E-state index in [0.717, 1.165) is 17.8 Å². The number of halogens is 3. The van der Waals surface area contributed by atoms with Gasteiger partial charge in [0.15, 0.2) is 0 Å². The molecule has 0 aliphatic rings. The Morgan fingerprint density at radius 1 is 0.913 bits per heavy atom. The van der Waals surface area contributed by atoms with E-state index in [0.29, 0.717) is 16.8 Å². The third kappa shape index (κ3) is 3.09. The first-order valence-corrected chi connectivity index (χ1v) is 6.71. The standard InChI is InChI=1S/C17H10F3N3/c18-17(19,20)14-5-3-13(4-6-14)16-9-10-23(22-16)15-7-1-12(11-21)2-8-15/h1-10H. The van der Waals surface area contributed by atoms with Gasteiger partial charge in [0.25, 0.3) is 0 Å². The normalized spacial score (nSPS) is 11.2. The highest BCUT2D eigenvalue weighted by Gasteiger charge is 2.30. The fourth-order valence-corrected chi connectivity index (χ4v) is 2.14. The van der Waals surface area contributed by atoms with Gasteiger partial charge in [0.05, 0.1) is 28.6 Å². The minimum atomic E-state index is -4.35. The number of hydrogen-bond donors (Lipinski definition) is 0. The maximum Gasteiger partial charge on any atom is 0.416 e. The van der Waals surface area contributed by atoms with Gasteiger partial charge in [0.2, 0.25) is 0 Å². The highest BCUT2D eigenvalue weighted by atomic mass is 19.4. The van der Waals surface area contributed by atoms with Gasteiger partial charge in [-0.1, -0.05) is 12.1 Å². The number of aromatic nitrogens is 2. The molecule has 23 heavy (non-hydrogen) atoms. The van der Waals surface area contributed by atoms with Crippen LogP contribution in [0.3, 0.4) is 0 Å². The van der Waals surface area contributed by atoms with Crippen LogP contribution in [0.4, 0.5) is 13.2 Å². The molecule has 0 spiro atoms. The summed E-state index contributed by atoms with van der Waals surface area (Å²) in [5.74, 6) is 0. The molecule has 0 bridgehead atoms. The molecular weight excluding hydrogens is 303 g/mol. The molecule has 2 aromatic carbocycles. The van der Waals surface area contributed by atoms with Crippen molar-refractivity contribution in [1.29, 1.82) is 5.26 Å². The molecule has 0 aliphatic carbocycles. The largest absolute Gasteiger partial charge is 0.416 e. The Labute approximate surface area is 130 Å². The van der Waals surface area contributed by atoms with Crippen molar-refractivity contribution in [2.75, 3.05) is 0 Å². The molecule has 0 aliphatic heterocycles. The second kappa shape index (κ2) is 5.61. The van der Waals surface area contributed by atoms with E-state index in [1.54, 1.807) is 41.2 Å². The lowest BCUT2D eigenvalue weighted by molar-refractivity contribution is -0.137. The average Bonchev–Trinajstić information content (AvgIpc) is 3.04. The Balaban J connectivity index is 1.88. The van der Waals surface area contributed by atoms with E-state index in [2.05, 4.69) is 5.10 Å². The van der Waals surface area contributed by atoms with Crippen molar-refractivity contribution < 1.29 is 13.2 Å². The zero-order chi connectivity index (χ0) is 16.4. The van der Waals surface area contributed by atoms with Gasteiger partial charge in [-0.2, -0.15) is 23.5 Å². The summed E-state index contributed by atoms with van der Waals surface area (Å²) in [6, 6.07) is 15.5. The molecule has 0 amide bonds. The van der Waals surface area contributed by atoms with Crippen molar-refractivity contribution in [3.63, 3.8) is 0 Å². The van der Waals surface area contributed by atoms with E-state index in [9.17, 15) is 13.2 Å². The summed E-state index contributed by atoms with van der Waals surface area (Å²) in [7, 11) is 0. The fourth-order valence-electron chi connectivity index (χ4n) is 2.14. The summed E-state index contributed by atoms with van der Waals surface area (Å²) < 4.78 is 39.3. The number of benzene rings is 2. The highest BCUT2D eigenvalue weighted by Crippen LogP contribution is 2.30. The third-order valence-corrected chi connectivity index (χ3v) is 3.36. The Kier molecular flexibility index (Phi) is 3.62. The molecule has 114 valence electrons. The summed E-state index contributed by atoms with van der Waals surface area (Å²) in [6.07, 6.45) is -2.63. The van der Waals surface area contributed by atoms with Gasteiger partial charge in [-0.05, 0) is 42.5 Å². The topological polar surface area (TPSA) is 41.6 Å². The van der Waals surface area contributed by atoms with Gasteiger partial charge >= 0.3 is 6.18 Å². The van der Waals surface area contributed by atoms with Gasteiger partial charge < -0.3 is 0 Å². The van der Waals surface area contributed by atoms with Crippen LogP contribution in [0.2, 0.25) is 0 Å². The van der Waals surface area contributed by atoms with Crippen LogP contribution in [0.1, 0.15) is 11.1 Å². The molecule has 1 heterocycles. The second-order valence-electron chi connectivity index (χ2n) is 4.88. The van der Waals surface area contributed by atoms with Crippen LogP contribution in [0.25, 0.3) is 16.9 Å². The van der Waals surface area contributed by atoms with Crippen LogP contribution in [0.5, 0.6) is 0 Å². The minimum absolute atomic E-state index is 0.545. The van der Waals surface area contributed by atoms with E-state index < -0.39 is 11.7 Å². The molecule has 3 aromatic rings. The van der Waals surface area contributed by atoms with Crippen molar-refractivity contribution >= 4 is 0 Å². The number of nitriles is 1. The minimum Gasteiger partial charge on any atom is -0.240 e.